The van der Waals surface area contributed by atoms with E-state index in [2.05, 4.69) is 5.32 Å². The van der Waals surface area contributed by atoms with Crippen LogP contribution in [0, 0.1) is 0 Å². The van der Waals surface area contributed by atoms with Crippen molar-refractivity contribution in [1.82, 2.24) is 10.2 Å². The van der Waals surface area contributed by atoms with Crippen molar-refractivity contribution in [3.8, 4) is 0 Å². The molecule has 0 radical (unpaired) electrons. The lowest BCUT2D eigenvalue weighted by Gasteiger charge is -2.15. The Bertz CT molecular complexity index is 575. The molecule has 3 amide bonds. The lowest BCUT2D eigenvalue weighted by Crippen LogP contribution is -2.35. The van der Waals surface area contributed by atoms with Crippen LogP contribution in [0.4, 0.5) is 4.79 Å². The summed E-state index contributed by atoms with van der Waals surface area (Å²) in [4.78, 5) is 36.5. The van der Waals surface area contributed by atoms with E-state index < -0.39 is 0 Å². The Balaban J connectivity index is 2.05. The number of carbonyl (C=O) groups excluding carboxylic acids is 3. The van der Waals surface area contributed by atoms with Crippen LogP contribution < -0.4 is 5.32 Å². The van der Waals surface area contributed by atoms with E-state index in [0.29, 0.717) is 12.2 Å². The lowest BCUT2D eigenvalue weighted by atomic mass is 10.1. The number of methoxy groups -OCH3 is 1. The van der Waals surface area contributed by atoms with Gasteiger partial charge in [-0.05, 0) is 24.6 Å². The molecule has 0 aromatic heterocycles. The monoisotopic (exact) mass is 322 g/mol. The third-order valence-corrected chi connectivity index (χ3v) is 4.02. The van der Waals surface area contributed by atoms with Gasteiger partial charge in [-0.25, -0.2) is 0 Å². The topological polar surface area (TPSA) is 75.7 Å². The summed E-state index contributed by atoms with van der Waals surface area (Å²) in [6.45, 7) is 2.48. The number of hydrogen-bond acceptors (Lipinski definition) is 5. The van der Waals surface area contributed by atoms with E-state index in [4.69, 9.17) is 4.74 Å². The molecule has 1 aliphatic heterocycles. The van der Waals surface area contributed by atoms with Crippen LogP contribution >= 0.6 is 11.8 Å². The Morgan fingerprint density at radius 3 is 2.86 bits per heavy atom. The van der Waals surface area contributed by atoms with Crippen LogP contribution in [-0.4, -0.2) is 47.5 Å². The summed E-state index contributed by atoms with van der Waals surface area (Å²) in [5.74, 6) is -0.216. The SMILES string of the molecule is COC[C@@H](C)NC(=O)c1cccc(CN2C(=O)CSC2=O)c1. The Kier molecular flexibility index (Phi) is 5.57. The van der Waals surface area contributed by atoms with Gasteiger partial charge in [0.25, 0.3) is 11.1 Å². The van der Waals surface area contributed by atoms with E-state index in [9.17, 15) is 14.4 Å². The van der Waals surface area contributed by atoms with Gasteiger partial charge in [-0.2, -0.15) is 0 Å². The zero-order chi connectivity index (χ0) is 16.1. The summed E-state index contributed by atoms with van der Waals surface area (Å²) in [7, 11) is 1.57. The van der Waals surface area contributed by atoms with Crippen molar-refractivity contribution < 1.29 is 19.1 Å². The van der Waals surface area contributed by atoms with Gasteiger partial charge in [0.2, 0.25) is 5.91 Å². The highest BCUT2D eigenvalue weighted by Crippen LogP contribution is 2.21. The average Bonchev–Trinajstić information content (AvgIpc) is 2.79. The Hall–Kier alpha value is -1.86. The Labute approximate surface area is 133 Å². The summed E-state index contributed by atoms with van der Waals surface area (Å²) in [6, 6.07) is 6.82. The first-order valence-electron chi connectivity index (χ1n) is 6.87. The van der Waals surface area contributed by atoms with Gasteiger partial charge < -0.3 is 10.1 Å². The van der Waals surface area contributed by atoms with E-state index in [1.54, 1.807) is 31.4 Å². The molecule has 1 saturated heterocycles. The zero-order valence-electron chi connectivity index (χ0n) is 12.5. The van der Waals surface area contributed by atoms with Crippen molar-refractivity contribution in [3.05, 3.63) is 35.4 Å². The smallest absolute Gasteiger partial charge is 0.289 e. The summed E-state index contributed by atoms with van der Waals surface area (Å²) < 4.78 is 4.98. The molecular weight excluding hydrogens is 304 g/mol. The zero-order valence-corrected chi connectivity index (χ0v) is 13.3. The minimum atomic E-state index is -0.242. The van der Waals surface area contributed by atoms with Crippen LogP contribution in [0.5, 0.6) is 0 Å². The molecular formula is C15H18N2O4S. The molecule has 0 bridgehead atoms. The van der Waals surface area contributed by atoms with Crippen molar-refractivity contribution in [3.63, 3.8) is 0 Å². The number of imide groups is 1. The van der Waals surface area contributed by atoms with E-state index in [1.807, 2.05) is 6.92 Å². The second-order valence-electron chi connectivity index (χ2n) is 5.06. The van der Waals surface area contributed by atoms with Gasteiger partial charge in [-0.1, -0.05) is 23.9 Å². The number of nitrogens with zero attached hydrogens (tertiary/aromatic N) is 1. The fourth-order valence-electron chi connectivity index (χ4n) is 2.13. The van der Waals surface area contributed by atoms with Crippen molar-refractivity contribution >= 4 is 28.8 Å². The molecule has 118 valence electrons. The molecule has 1 atom stereocenters. The van der Waals surface area contributed by atoms with Gasteiger partial charge in [-0.15, -0.1) is 0 Å². The minimum Gasteiger partial charge on any atom is -0.383 e. The third-order valence-electron chi connectivity index (χ3n) is 3.16. The van der Waals surface area contributed by atoms with Gasteiger partial charge in [-0.3, -0.25) is 19.3 Å². The number of benzene rings is 1. The molecule has 1 aromatic carbocycles. The molecule has 7 heteroatoms. The van der Waals surface area contributed by atoms with E-state index in [1.165, 1.54) is 4.90 Å². The molecule has 1 aliphatic rings. The van der Waals surface area contributed by atoms with Crippen molar-refractivity contribution in [2.24, 2.45) is 0 Å². The number of carbonyl (C=O) groups is 3. The van der Waals surface area contributed by atoms with Crippen molar-refractivity contribution in [2.45, 2.75) is 19.5 Å². The highest BCUT2D eigenvalue weighted by atomic mass is 32.2. The maximum absolute atomic E-state index is 12.1. The Morgan fingerprint density at radius 2 is 2.23 bits per heavy atom. The molecule has 1 fully saturated rings. The largest absolute Gasteiger partial charge is 0.383 e. The summed E-state index contributed by atoms with van der Waals surface area (Å²) in [5, 5.41) is 2.58. The Morgan fingerprint density at radius 1 is 1.45 bits per heavy atom. The molecule has 22 heavy (non-hydrogen) atoms. The predicted octanol–water partition coefficient (Wildman–Crippen LogP) is 1.65. The van der Waals surface area contributed by atoms with Crippen LogP contribution in [0.15, 0.2) is 24.3 Å². The molecule has 0 aliphatic carbocycles. The van der Waals surface area contributed by atoms with Gasteiger partial charge >= 0.3 is 0 Å². The van der Waals surface area contributed by atoms with Gasteiger partial charge in [0.05, 0.1) is 18.9 Å². The first-order chi connectivity index (χ1) is 10.5. The maximum atomic E-state index is 12.1. The number of thioether (sulfide) groups is 1. The summed E-state index contributed by atoms with van der Waals surface area (Å²) in [5.41, 5.74) is 1.24. The lowest BCUT2D eigenvalue weighted by molar-refractivity contribution is -0.125. The highest BCUT2D eigenvalue weighted by molar-refractivity contribution is 8.14. The molecule has 1 heterocycles. The van der Waals surface area contributed by atoms with Crippen LogP contribution in [-0.2, 0) is 16.1 Å². The van der Waals surface area contributed by atoms with Crippen LogP contribution in [0.25, 0.3) is 0 Å². The van der Waals surface area contributed by atoms with Crippen LogP contribution in [0.2, 0.25) is 0 Å². The first kappa shape index (κ1) is 16.5. The fraction of sp³-hybridized carbons (Fsp3) is 0.400. The third kappa shape index (κ3) is 4.08. The highest BCUT2D eigenvalue weighted by Gasteiger charge is 2.29. The first-order valence-corrected chi connectivity index (χ1v) is 7.85. The average molecular weight is 322 g/mol. The van der Waals surface area contributed by atoms with Gasteiger partial charge in [0, 0.05) is 18.7 Å². The van der Waals surface area contributed by atoms with Crippen LogP contribution in [0.3, 0.4) is 0 Å². The summed E-state index contributed by atoms with van der Waals surface area (Å²) in [6.07, 6.45) is 0. The number of nitrogens with one attached hydrogen (secondary N) is 1. The van der Waals surface area contributed by atoms with Gasteiger partial charge in [0.1, 0.15) is 0 Å². The number of amides is 3. The minimum absolute atomic E-state index is 0.0979. The molecule has 0 unspecified atom stereocenters. The standard InChI is InChI=1S/C15H18N2O4S/c1-10(8-21-2)16-14(19)12-5-3-4-11(6-12)7-17-13(18)9-22-15(17)20/h3-6,10H,7-9H2,1-2H3,(H,16,19)/t10-/m1/s1. The molecule has 6 nitrogen and oxygen atoms in total. The quantitative estimate of drug-likeness (QED) is 0.862. The number of rotatable bonds is 6. The molecule has 1 aromatic rings. The second-order valence-corrected chi connectivity index (χ2v) is 5.99. The van der Waals surface area contributed by atoms with Crippen LogP contribution in [0.1, 0.15) is 22.8 Å². The maximum Gasteiger partial charge on any atom is 0.289 e. The second kappa shape index (κ2) is 7.42. The van der Waals surface area contributed by atoms with E-state index in [0.717, 1.165) is 17.3 Å². The van der Waals surface area contributed by atoms with E-state index in [-0.39, 0.29) is 35.4 Å². The number of ether oxygens (including phenoxy) is 1. The van der Waals surface area contributed by atoms with Gasteiger partial charge in [0.15, 0.2) is 0 Å². The normalized spacial score (nSPS) is 16.0. The predicted molar refractivity (Wildman–Crippen MR) is 83.7 cm³/mol. The molecule has 2 rings (SSSR count). The molecule has 1 N–H and O–H groups in total. The van der Waals surface area contributed by atoms with Crippen molar-refractivity contribution in [1.29, 1.82) is 0 Å². The summed E-state index contributed by atoms with van der Waals surface area (Å²) >= 11 is 1.00. The number of hydrogen-bond donors (Lipinski definition) is 1. The fourth-order valence-corrected chi connectivity index (χ4v) is 2.85. The van der Waals surface area contributed by atoms with E-state index >= 15 is 0 Å². The molecule has 0 saturated carbocycles. The molecule has 0 spiro atoms. The van der Waals surface area contributed by atoms with Crippen molar-refractivity contribution in [2.75, 3.05) is 19.5 Å².